The zero-order valence-electron chi connectivity index (χ0n) is 9.67. The standard InChI is InChI=1S/C13H21NS/c1-11-6-5-9-13(11,10-14)15-12-7-3-2-4-8-12/h11-12H,2-9H2,1H3. The summed E-state index contributed by atoms with van der Waals surface area (Å²) in [4.78, 5) is 0. The van der Waals surface area contributed by atoms with Crippen molar-refractivity contribution in [2.45, 2.75) is 68.3 Å². The average molecular weight is 223 g/mol. The van der Waals surface area contributed by atoms with E-state index in [2.05, 4.69) is 13.0 Å². The third-order valence-corrected chi connectivity index (χ3v) is 6.02. The lowest BCUT2D eigenvalue weighted by molar-refractivity contribution is 0.502. The van der Waals surface area contributed by atoms with E-state index >= 15 is 0 Å². The molecule has 0 spiro atoms. The largest absolute Gasteiger partial charge is 0.197 e. The second-order valence-electron chi connectivity index (χ2n) is 5.17. The number of thioether (sulfide) groups is 1. The minimum atomic E-state index is -0.0258. The van der Waals surface area contributed by atoms with Crippen LogP contribution in [0.2, 0.25) is 0 Å². The smallest absolute Gasteiger partial charge is 0.105 e. The van der Waals surface area contributed by atoms with Crippen LogP contribution in [0.15, 0.2) is 0 Å². The molecular weight excluding hydrogens is 202 g/mol. The van der Waals surface area contributed by atoms with Crippen molar-refractivity contribution < 1.29 is 0 Å². The van der Waals surface area contributed by atoms with E-state index in [9.17, 15) is 5.26 Å². The van der Waals surface area contributed by atoms with Gasteiger partial charge in [-0.05, 0) is 31.6 Å². The first kappa shape index (κ1) is 11.3. The van der Waals surface area contributed by atoms with E-state index < -0.39 is 0 Å². The first-order valence-electron chi connectivity index (χ1n) is 6.36. The molecule has 2 heteroatoms. The summed E-state index contributed by atoms with van der Waals surface area (Å²) in [5, 5.41) is 10.2. The van der Waals surface area contributed by atoms with Crippen molar-refractivity contribution >= 4 is 11.8 Å². The van der Waals surface area contributed by atoms with Crippen molar-refractivity contribution in [2.75, 3.05) is 0 Å². The van der Waals surface area contributed by atoms with Crippen LogP contribution in [-0.4, -0.2) is 10.00 Å². The first-order chi connectivity index (χ1) is 7.27. The fourth-order valence-corrected chi connectivity index (χ4v) is 4.83. The van der Waals surface area contributed by atoms with Gasteiger partial charge in [-0.3, -0.25) is 0 Å². The van der Waals surface area contributed by atoms with Crippen molar-refractivity contribution in [3.8, 4) is 6.07 Å². The summed E-state index contributed by atoms with van der Waals surface area (Å²) in [6, 6.07) is 2.64. The molecule has 2 rings (SSSR count). The highest BCUT2D eigenvalue weighted by molar-refractivity contribution is 8.01. The van der Waals surface area contributed by atoms with Crippen molar-refractivity contribution in [3.05, 3.63) is 0 Å². The summed E-state index contributed by atoms with van der Waals surface area (Å²) >= 11 is 2.02. The van der Waals surface area contributed by atoms with Crippen LogP contribution in [0.1, 0.15) is 58.3 Å². The van der Waals surface area contributed by atoms with Gasteiger partial charge in [0.1, 0.15) is 4.75 Å². The molecule has 1 nitrogen and oxygen atoms in total. The highest BCUT2D eigenvalue weighted by Crippen LogP contribution is 2.49. The van der Waals surface area contributed by atoms with Gasteiger partial charge in [0.15, 0.2) is 0 Å². The molecule has 0 aromatic heterocycles. The molecule has 0 N–H and O–H groups in total. The number of nitriles is 1. The topological polar surface area (TPSA) is 23.8 Å². The van der Waals surface area contributed by atoms with Gasteiger partial charge in [0.05, 0.1) is 6.07 Å². The van der Waals surface area contributed by atoms with E-state index in [1.807, 2.05) is 11.8 Å². The first-order valence-corrected chi connectivity index (χ1v) is 7.24. The van der Waals surface area contributed by atoms with Crippen LogP contribution in [0, 0.1) is 17.2 Å². The lowest BCUT2D eigenvalue weighted by Gasteiger charge is -2.32. The molecule has 15 heavy (non-hydrogen) atoms. The number of hydrogen-bond acceptors (Lipinski definition) is 2. The molecule has 0 aliphatic heterocycles. The van der Waals surface area contributed by atoms with Gasteiger partial charge in [-0.2, -0.15) is 5.26 Å². The molecule has 2 atom stereocenters. The molecule has 2 aliphatic rings. The Labute approximate surface area is 97.6 Å². The summed E-state index contributed by atoms with van der Waals surface area (Å²) in [7, 11) is 0. The second kappa shape index (κ2) is 4.78. The summed E-state index contributed by atoms with van der Waals surface area (Å²) < 4.78 is -0.0258. The Kier molecular flexibility index (Phi) is 3.61. The Morgan fingerprint density at radius 3 is 2.40 bits per heavy atom. The van der Waals surface area contributed by atoms with Gasteiger partial charge in [-0.25, -0.2) is 0 Å². The van der Waals surface area contributed by atoms with E-state index in [1.165, 1.54) is 44.9 Å². The van der Waals surface area contributed by atoms with Gasteiger partial charge >= 0.3 is 0 Å². The van der Waals surface area contributed by atoms with Crippen molar-refractivity contribution in [3.63, 3.8) is 0 Å². The van der Waals surface area contributed by atoms with Crippen LogP contribution in [0.3, 0.4) is 0 Å². The maximum absolute atomic E-state index is 9.45. The highest BCUT2D eigenvalue weighted by atomic mass is 32.2. The fourth-order valence-electron chi connectivity index (χ4n) is 3.00. The Balaban J connectivity index is 1.98. The van der Waals surface area contributed by atoms with Gasteiger partial charge < -0.3 is 0 Å². The van der Waals surface area contributed by atoms with Crippen LogP contribution in [0.25, 0.3) is 0 Å². The molecule has 0 amide bonds. The van der Waals surface area contributed by atoms with Crippen LogP contribution >= 0.6 is 11.8 Å². The van der Waals surface area contributed by atoms with Crippen molar-refractivity contribution in [1.29, 1.82) is 5.26 Å². The Morgan fingerprint density at radius 2 is 1.87 bits per heavy atom. The number of rotatable bonds is 2. The predicted molar refractivity (Wildman–Crippen MR) is 65.8 cm³/mol. The van der Waals surface area contributed by atoms with Crippen LogP contribution in [0.5, 0.6) is 0 Å². The normalized spacial score (nSPS) is 37.7. The minimum absolute atomic E-state index is 0.0258. The van der Waals surface area contributed by atoms with Crippen LogP contribution in [0.4, 0.5) is 0 Å². The number of nitrogens with zero attached hydrogens (tertiary/aromatic N) is 1. The van der Waals surface area contributed by atoms with E-state index in [0.717, 1.165) is 11.7 Å². The summed E-state index contributed by atoms with van der Waals surface area (Å²) in [5.41, 5.74) is 0. The molecule has 0 saturated heterocycles. The van der Waals surface area contributed by atoms with E-state index in [1.54, 1.807) is 0 Å². The average Bonchev–Trinajstić information content (AvgIpc) is 2.62. The second-order valence-corrected chi connectivity index (χ2v) is 6.80. The van der Waals surface area contributed by atoms with E-state index in [-0.39, 0.29) is 4.75 Å². The van der Waals surface area contributed by atoms with Gasteiger partial charge in [-0.1, -0.05) is 32.6 Å². The lowest BCUT2D eigenvalue weighted by atomic mass is 9.98. The van der Waals surface area contributed by atoms with Gasteiger partial charge in [0.25, 0.3) is 0 Å². The van der Waals surface area contributed by atoms with Crippen LogP contribution < -0.4 is 0 Å². The predicted octanol–water partition coefficient (Wildman–Crippen LogP) is 4.13. The Bertz CT molecular complexity index is 252. The van der Waals surface area contributed by atoms with Gasteiger partial charge in [0.2, 0.25) is 0 Å². The molecule has 0 aromatic rings. The Morgan fingerprint density at radius 1 is 1.13 bits per heavy atom. The van der Waals surface area contributed by atoms with Crippen LogP contribution in [-0.2, 0) is 0 Å². The molecule has 2 aliphatic carbocycles. The molecule has 0 radical (unpaired) electrons. The SMILES string of the molecule is CC1CCCC1(C#N)SC1CCCCC1. The van der Waals surface area contributed by atoms with E-state index in [0.29, 0.717) is 5.92 Å². The molecule has 0 heterocycles. The third kappa shape index (κ3) is 2.33. The van der Waals surface area contributed by atoms with Crippen molar-refractivity contribution in [1.82, 2.24) is 0 Å². The molecule has 0 bridgehead atoms. The summed E-state index contributed by atoms with van der Waals surface area (Å²) in [6.07, 6.45) is 10.5. The van der Waals surface area contributed by atoms with Crippen molar-refractivity contribution in [2.24, 2.45) is 5.92 Å². The molecular formula is C13H21NS. The van der Waals surface area contributed by atoms with Gasteiger partial charge in [-0.15, -0.1) is 11.8 Å². The summed E-state index contributed by atoms with van der Waals surface area (Å²) in [6.45, 7) is 2.27. The molecule has 2 fully saturated rings. The molecule has 2 saturated carbocycles. The zero-order chi connectivity index (χ0) is 10.7. The zero-order valence-corrected chi connectivity index (χ0v) is 10.5. The molecule has 84 valence electrons. The monoisotopic (exact) mass is 223 g/mol. The quantitative estimate of drug-likeness (QED) is 0.702. The van der Waals surface area contributed by atoms with Gasteiger partial charge in [0, 0.05) is 5.25 Å². The van der Waals surface area contributed by atoms with E-state index in [4.69, 9.17) is 0 Å². The lowest BCUT2D eigenvalue weighted by Crippen LogP contribution is -2.29. The Hall–Kier alpha value is -0.160. The molecule has 2 unspecified atom stereocenters. The number of hydrogen-bond donors (Lipinski definition) is 0. The fraction of sp³-hybridized carbons (Fsp3) is 0.923. The molecule has 0 aromatic carbocycles. The maximum Gasteiger partial charge on any atom is 0.105 e. The highest BCUT2D eigenvalue weighted by Gasteiger charge is 2.42. The maximum atomic E-state index is 9.45. The third-order valence-electron chi connectivity index (χ3n) is 4.10. The summed E-state index contributed by atoms with van der Waals surface area (Å²) in [5.74, 6) is 0.606. The minimum Gasteiger partial charge on any atom is -0.197 e.